The van der Waals surface area contributed by atoms with Crippen LogP contribution in [0.15, 0.2) is 36.7 Å². The van der Waals surface area contributed by atoms with E-state index in [-0.39, 0.29) is 5.88 Å². The molecular weight excluding hydrogens is 285 g/mol. The lowest BCUT2D eigenvalue weighted by Crippen LogP contribution is -1.91. The van der Waals surface area contributed by atoms with Crippen molar-refractivity contribution in [2.45, 2.75) is 0 Å². The van der Waals surface area contributed by atoms with Crippen molar-refractivity contribution in [2.24, 2.45) is 0 Å². The normalized spacial score (nSPS) is 10.8. The molecule has 3 rings (SSSR count). The highest BCUT2D eigenvalue weighted by atomic mass is 35.5. The molecule has 6 heteroatoms. The first-order valence-corrected chi connectivity index (χ1v) is 6.17. The Labute approximate surface area is 118 Å². The predicted octanol–water partition coefficient (Wildman–Crippen LogP) is 3.70. The molecule has 2 aromatic heterocycles. The fraction of sp³-hybridized carbons (Fsp3) is 0. The molecule has 0 aliphatic carbocycles. The van der Waals surface area contributed by atoms with Crippen LogP contribution in [0.4, 0.5) is 0 Å². The standard InChI is InChI=1S/C13H7Cl2N3O/c14-8-4-10-11(5-9(8)15)18-13(19)12(17-10)7-2-1-3-16-6-7/h1-6H,(H,18,19). The van der Waals surface area contributed by atoms with E-state index >= 15 is 0 Å². The van der Waals surface area contributed by atoms with Crippen LogP contribution < -0.4 is 0 Å². The highest BCUT2D eigenvalue weighted by molar-refractivity contribution is 6.42. The van der Waals surface area contributed by atoms with E-state index in [1.807, 2.05) is 0 Å². The van der Waals surface area contributed by atoms with Gasteiger partial charge in [-0.2, -0.15) is 0 Å². The van der Waals surface area contributed by atoms with Gasteiger partial charge >= 0.3 is 0 Å². The Balaban J connectivity index is 2.27. The third kappa shape index (κ3) is 2.20. The number of hydrogen-bond acceptors (Lipinski definition) is 4. The number of halogens is 2. The molecule has 94 valence electrons. The number of aromatic hydroxyl groups is 1. The third-order valence-corrected chi connectivity index (χ3v) is 3.35. The maximum atomic E-state index is 9.94. The van der Waals surface area contributed by atoms with E-state index in [2.05, 4.69) is 15.0 Å². The number of fused-ring (bicyclic) bond motifs is 1. The average molecular weight is 292 g/mol. The van der Waals surface area contributed by atoms with Crippen molar-refractivity contribution in [3.8, 4) is 17.1 Å². The van der Waals surface area contributed by atoms with Crippen LogP contribution in [0.3, 0.4) is 0 Å². The second-order valence-electron chi connectivity index (χ2n) is 3.89. The van der Waals surface area contributed by atoms with E-state index in [1.165, 1.54) is 0 Å². The minimum absolute atomic E-state index is 0.168. The first kappa shape index (κ1) is 12.1. The van der Waals surface area contributed by atoms with Crippen LogP contribution >= 0.6 is 23.2 Å². The summed E-state index contributed by atoms with van der Waals surface area (Å²) in [6.07, 6.45) is 3.25. The van der Waals surface area contributed by atoms with Crippen LogP contribution in [-0.4, -0.2) is 20.1 Å². The van der Waals surface area contributed by atoms with Gasteiger partial charge in [0.25, 0.3) is 0 Å². The van der Waals surface area contributed by atoms with Gasteiger partial charge in [-0.15, -0.1) is 0 Å². The Hall–Kier alpha value is -1.91. The Morgan fingerprint density at radius 2 is 1.68 bits per heavy atom. The lowest BCUT2D eigenvalue weighted by molar-refractivity contribution is 0.456. The van der Waals surface area contributed by atoms with Crippen molar-refractivity contribution < 1.29 is 5.11 Å². The molecule has 0 bridgehead atoms. The molecule has 0 atom stereocenters. The molecule has 2 heterocycles. The number of aromatic nitrogens is 3. The Kier molecular flexibility index (Phi) is 2.97. The highest BCUT2D eigenvalue weighted by Gasteiger charge is 2.11. The monoisotopic (exact) mass is 291 g/mol. The maximum absolute atomic E-state index is 9.94. The van der Waals surface area contributed by atoms with Gasteiger partial charge in [-0.05, 0) is 24.3 Å². The average Bonchev–Trinajstić information content (AvgIpc) is 2.41. The van der Waals surface area contributed by atoms with E-state index in [9.17, 15) is 5.11 Å². The van der Waals surface area contributed by atoms with E-state index in [1.54, 1.807) is 36.7 Å². The number of rotatable bonds is 1. The number of nitrogens with zero attached hydrogens (tertiary/aromatic N) is 3. The topological polar surface area (TPSA) is 58.9 Å². The first-order valence-electron chi connectivity index (χ1n) is 5.41. The van der Waals surface area contributed by atoms with Crippen LogP contribution in [0, 0.1) is 0 Å². The largest absolute Gasteiger partial charge is 0.492 e. The summed E-state index contributed by atoms with van der Waals surface area (Å²) in [4.78, 5) is 12.4. The van der Waals surface area contributed by atoms with Gasteiger partial charge < -0.3 is 5.11 Å². The van der Waals surface area contributed by atoms with Gasteiger partial charge in [-0.3, -0.25) is 4.98 Å². The van der Waals surface area contributed by atoms with Crippen LogP contribution in [0.25, 0.3) is 22.3 Å². The summed E-state index contributed by atoms with van der Waals surface area (Å²) in [6.45, 7) is 0. The van der Waals surface area contributed by atoms with Gasteiger partial charge in [0.2, 0.25) is 5.88 Å². The molecule has 0 fully saturated rings. The van der Waals surface area contributed by atoms with E-state index in [4.69, 9.17) is 23.2 Å². The molecule has 3 aromatic rings. The minimum atomic E-state index is -0.168. The molecule has 0 amide bonds. The molecule has 0 spiro atoms. The highest BCUT2D eigenvalue weighted by Crippen LogP contribution is 2.31. The smallest absolute Gasteiger partial charge is 0.238 e. The molecule has 0 saturated carbocycles. The summed E-state index contributed by atoms with van der Waals surface area (Å²) >= 11 is 11.9. The molecular formula is C13H7Cl2N3O. The van der Waals surface area contributed by atoms with E-state index in [0.717, 1.165) is 0 Å². The molecule has 0 radical (unpaired) electrons. The molecule has 1 N–H and O–H groups in total. The zero-order valence-electron chi connectivity index (χ0n) is 9.51. The van der Waals surface area contributed by atoms with Crippen LogP contribution in [0.1, 0.15) is 0 Å². The first-order chi connectivity index (χ1) is 9.15. The zero-order valence-corrected chi connectivity index (χ0v) is 11.0. The fourth-order valence-corrected chi connectivity index (χ4v) is 2.05. The summed E-state index contributed by atoms with van der Waals surface area (Å²) < 4.78 is 0. The van der Waals surface area contributed by atoms with Crippen molar-refractivity contribution in [3.05, 3.63) is 46.7 Å². The van der Waals surface area contributed by atoms with Crippen LogP contribution in [-0.2, 0) is 0 Å². The summed E-state index contributed by atoms with van der Waals surface area (Å²) in [6, 6.07) is 6.74. The molecule has 0 aliphatic heterocycles. The Morgan fingerprint density at radius 1 is 1.00 bits per heavy atom. The van der Waals surface area contributed by atoms with Crippen LogP contribution in [0.5, 0.6) is 5.88 Å². The minimum Gasteiger partial charge on any atom is -0.492 e. The lowest BCUT2D eigenvalue weighted by atomic mass is 10.2. The second kappa shape index (κ2) is 4.64. The van der Waals surface area contributed by atoms with Crippen molar-refractivity contribution in [1.29, 1.82) is 0 Å². The Morgan fingerprint density at radius 3 is 2.32 bits per heavy atom. The van der Waals surface area contributed by atoms with Crippen molar-refractivity contribution >= 4 is 34.2 Å². The summed E-state index contributed by atoms with van der Waals surface area (Å²) in [5.41, 5.74) is 2.09. The molecule has 0 unspecified atom stereocenters. The van der Waals surface area contributed by atoms with Gasteiger partial charge in [-0.25, -0.2) is 9.97 Å². The van der Waals surface area contributed by atoms with Gasteiger partial charge in [0.15, 0.2) is 0 Å². The SMILES string of the molecule is Oc1nc2cc(Cl)c(Cl)cc2nc1-c1cccnc1. The number of hydrogen-bond donors (Lipinski definition) is 1. The fourth-order valence-electron chi connectivity index (χ4n) is 1.74. The summed E-state index contributed by atoms with van der Waals surface area (Å²) in [5, 5.41) is 10.7. The summed E-state index contributed by atoms with van der Waals surface area (Å²) in [7, 11) is 0. The van der Waals surface area contributed by atoms with Crippen LogP contribution in [0.2, 0.25) is 10.0 Å². The molecule has 19 heavy (non-hydrogen) atoms. The molecule has 0 saturated heterocycles. The second-order valence-corrected chi connectivity index (χ2v) is 4.71. The van der Waals surface area contributed by atoms with Gasteiger partial charge in [-0.1, -0.05) is 23.2 Å². The van der Waals surface area contributed by atoms with E-state index < -0.39 is 0 Å². The number of benzene rings is 1. The molecule has 1 aromatic carbocycles. The van der Waals surface area contributed by atoms with Gasteiger partial charge in [0.05, 0.1) is 21.1 Å². The summed E-state index contributed by atoms with van der Waals surface area (Å²) in [5.74, 6) is -0.168. The molecule has 0 aliphatic rings. The number of pyridine rings is 1. The zero-order chi connectivity index (χ0) is 13.4. The molecule has 4 nitrogen and oxygen atoms in total. The third-order valence-electron chi connectivity index (χ3n) is 2.62. The maximum Gasteiger partial charge on any atom is 0.238 e. The Bertz CT molecular complexity index is 763. The van der Waals surface area contributed by atoms with Gasteiger partial charge in [0.1, 0.15) is 5.69 Å². The lowest BCUT2D eigenvalue weighted by Gasteiger charge is -2.06. The van der Waals surface area contributed by atoms with Crippen molar-refractivity contribution in [1.82, 2.24) is 15.0 Å². The van der Waals surface area contributed by atoms with E-state index in [0.29, 0.717) is 32.3 Å². The van der Waals surface area contributed by atoms with Crippen molar-refractivity contribution in [3.63, 3.8) is 0 Å². The predicted molar refractivity (Wildman–Crippen MR) is 74.5 cm³/mol. The van der Waals surface area contributed by atoms with Gasteiger partial charge in [0, 0.05) is 18.0 Å². The quantitative estimate of drug-likeness (QED) is 0.743. The van der Waals surface area contributed by atoms with Crippen molar-refractivity contribution in [2.75, 3.05) is 0 Å².